The molecule has 0 amide bonds. The number of nitrogens with one attached hydrogen (secondary N) is 1. The average molecular weight is 219 g/mol. The van der Waals surface area contributed by atoms with Crippen molar-refractivity contribution in [1.29, 1.82) is 0 Å². The van der Waals surface area contributed by atoms with Crippen molar-refractivity contribution >= 4 is 11.4 Å². The van der Waals surface area contributed by atoms with Gasteiger partial charge in [0.1, 0.15) is 0 Å². The van der Waals surface area contributed by atoms with Gasteiger partial charge in [-0.2, -0.15) is 0 Å². The summed E-state index contributed by atoms with van der Waals surface area (Å²) in [6, 6.07) is 8.36. The van der Waals surface area contributed by atoms with Gasteiger partial charge in [0.2, 0.25) is 0 Å². The fourth-order valence-electron chi connectivity index (χ4n) is 2.30. The monoisotopic (exact) mass is 219 g/mol. The van der Waals surface area contributed by atoms with Crippen LogP contribution >= 0.6 is 0 Å². The van der Waals surface area contributed by atoms with Gasteiger partial charge in [0.25, 0.3) is 0 Å². The number of nitrogens with two attached hydrogens (primary N) is 2. The van der Waals surface area contributed by atoms with E-state index in [0.29, 0.717) is 6.04 Å². The Bertz CT molecular complexity index is 330. The summed E-state index contributed by atoms with van der Waals surface area (Å²) in [5.74, 6) is 0.765. The molecule has 1 saturated carbocycles. The minimum Gasteiger partial charge on any atom is -0.399 e. The van der Waals surface area contributed by atoms with E-state index in [1.807, 2.05) is 18.2 Å². The van der Waals surface area contributed by atoms with E-state index in [0.717, 1.165) is 23.8 Å². The average Bonchev–Trinajstić information content (AvgIpc) is 2.28. The molecule has 3 nitrogen and oxygen atoms in total. The highest BCUT2D eigenvalue weighted by Gasteiger charge is 2.17. The van der Waals surface area contributed by atoms with Gasteiger partial charge in [-0.15, -0.1) is 0 Å². The fourth-order valence-corrected chi connectivity index (χ4v) is 2.30. The molecular weight excluding hydrogens is 198 g/mol. The molecule has 0 radical (unpaired) electrons. The molecule has 0 aromatic heterocycles. The second-order valence-electron chi connectivity index (χ2n) is 4.79. The number of benzene rings is 1. The smallest absolute Gasteiger partial charge is 0.0360 e. The van der Waals surface area contributed by atoms with E-state index in [1.165, 1.54) is 25.7 Å². The lowest BCUT2D eigenvalue weighted by atomic mass is 9.86. The first kappa shape index (κ1) is 11.3. The SMILES string of the molecule is Nc1cccc(NCC2CCC(N)CC2)c1. The van der Waals surface area contributed by atoms with Crippen molar-refractivity contribution in [3.8, 4) is 0 Å². The van der Waals surface area contributed by atoms with E-state index in [2.05, 4.69) is 11.4 Å². The lowest BCUT2D eigenvalue weighted by molar-refractivity contribution is 0.339. The molecule has 16 heavy (non-hydrogen) atoms. The van der Waals surface area contributed by atoms with Gasteiger partial charge in [-0.25, -0.2) is 0 Å². The van der Waals surface area contributed by atoms with Gasteiger partial charge < -0.3 is 16.8 Å². The number of hydrogen-bond acceptors (Lipinski definition) is 3. The van der Waals surface area contributed by atoms with E-state index >= 15 is 0 Å². The van der Waals surface area contributed by atoms with Crippen molar-refractivity contribution in [3.63, 3.8) is 0 Å². The molecular formula is C13H21N3. The Morgan fingerprint density at radius 2 is 1.94 bits per heavy atom. The first-order chi connectivity index (χ1) is 7.74. The molecule has 3 heteroatoms. The van der Waals surface area contributed by atoms with Crippen LogP contribution in [0.15, 0.2) is 24.3 Å². The summed E-state index contributed by atoms with van der Waals surface area (Å²) in [7, 11) is 0. The maximum atomic E-state index is 5.89. The van der Waals surface area contributed by atoms with Gasteiger partial charge in [-0.05, 0) is 49.8 Å². The van der Waals surface area contributed by atoms with Crippen molar-refractivity contribution in [3.05, 3.63) is 24.3 Å². The standard InChI is InChI=1S/C13H21N3/c14-11-6-4-10(5-7-11)9-16-13-3-1-2-12(15)8-13/h1-3,8,10-11,16H,4-7,9,14-15H2. The Morgan fingerprint density at radius 1 is 1.19 bits per heavy atom. The molecule has 88 valence electrons. The highest BCUT2D eigenvalue weighted by Crippen LogP contribution is 2.23. The Kier molecular flexibility index (Phi) is 3.67. The highest BCUT2D eigenvalue weighted by atomic mass is 14.9. The van der Waals surface area contributed by atoms with Crippen LogP contribution in [0.4, 0.5) is 11.4 Å². The molecule has 1 aromatic rings. The van der Waals surface area contributed by atoms with E-state index < -0.39 is 0 Å². The Morgan fingerprint density at radius 3 is 2.62 bits per heavy atom. The summed E-state index contributed by atoms with van der Waals surface area (Å²) in [5.41, 5.74) is 13.6. The summed E-state index contributed by atoms with van der Waals surface area (Å²) in [6.07, 6.45) is 4.83. The molecule has 2 rings (SSSR count). The van der Waals surface area contributed by atoms with Crippen LogP contribution in [0.5, 0.6) is 0 Å². The molecule has 0 bridgehead atoms. The Hall–Kier alpha value is -1.22. The molecule has 0 atom stereocenters. The maximum absolute atomic E-state index is 5.89. The second kappa shape index (κ2) is 5.21. The molecule has 1 aliphatic carbocycles. The third-order valence-corrected chi connectivity index (χ3v) is 3.37. The second-order valence-corrected chi connectivity index (χ2v) is 4.79. The zero-order valence-electron chi connectivity index (χ0n) is 9.65. The largest absolute Gasteiger partial charge is 0.399 e. The highest BCUT2D eigenvalue weighted by molar-refractivity contribution is 5.54. The van der Waals surface area contributed by atoms with E-state index in [9.17, 15) is 0 Å². The molecule has 1 aliphatic rings. The van der Waals surface area contributed by atoms with Gasteiger partial charge in [0.15, 0.2) is 0 Å². The van der Waals surface area contributed by atoms with Crippen molar-refractivity contribution < 1.29 is 0 Å². The van der Waals surface area contributed by atoms with Gasteiger partial charge in [-0.1, -0.05) is 6.07 Å². The Labute approximate surface area is 97.2 Å². The molecule has 0 spiro atoms. The van der Waals surface area contributed by atoms with Crippen LogP contribution in [0.2, 0.25) is 0 Å². The fraction of sp³-hybridized carbons (Fsp3) is 0.538. The van der Waals surface area contributed by atoms with Crippen LogP contribution in [0.3, 0.4) is 0 Å². The van der Waals surface area contributed by atoms with Crippen molar-refractivity contribution in [2.24, 2.45) is 11.7 Å². The van der Waals surface area contributed by atoms with Crippen LogP contribution in [-0.4, -0.2) is 12.6 Å². The molecule has 0 aliphatic heterocycles. The quantitative estimate of drug-likeness (QED) is 0.683. The van der Waals surface area contributed by atoms with Crippen LogP contribution in [0.25, 0.3) is 0 Å². The normalized spacial score (nSPS) is 25.3. The molecule has 0 saturated heterocycles. The molecule has 0 heterocycles. The van der Waals surface area contributed by atoms with Crippen LogP contribution in [0.1, 0.15) is 25.7 Å². The minimum atomic E-state index is 0.434. The number of anilines is 2. The summed E-state index contributed by atoms with van der Waals surface area (Å²) >= 11 is 0. The predicted octanol–water partition coefficient (Wildman–Crippen LogP) is 2.20. The van der Waals surface area contributed by atoms with Crippen LogP contribution < -0.4 is 16.8 Å². The summed E-state index contributed by atoms with van der Waals surface area (Å²) in [4.78, 5) is 0. The van der Waals surface area contributed by atoms with Gasteiger partial charge in [-0.3, -0.25) is 0 Å². The molecule has 1 fully saturated rings. The van der Waals surface area contributed by atoms with E-state index in [4.69, 9.17) is 11.5 Å². The van der Waals surface area contributed by atoms with Crippen molar-refractivity contribution in [1.82, 2.24) is 0 Å². The first-order valence-electron chi connectivity index (χ1n) is 6.09. The van der Waals surface area contributed by atoms with E-state index in [1.54, 1.807) is 0 Å². The zero-order valence-corrected chi connectivity index (χ0v) is 9.65. The number of rotatable bonds is 3. The molecule has 5 N–H and O–H groups in total. The van der Waals surface area contributed by atoms with Gasteiger partial charge in [0.05, 0.1) is 0 Å². The predicted molar refractivity (Wildman–Crippen MR) is 69.3 cm³/mol. The summed E-state index contributed by atoms with van der Waals surface area (Å²) in [5, 5.41) is 3.45. The topological polar surface area (TPSA) is 64.1 Å². The first-order valence-corrected chi connectivity index (χ1v) is 6.09. The van der Waals surface area contributed by atoms with Gasteiger partial charge in [0, 0.05) is 24.0 Å². The summed E-state index contributed by atoms with van der Waals surface area (Å²) in [6.45, 7) is 1.04. The lowest BCUT2D eigenvalue weighted by Crippen LogP contribution is -2.29. The van der Waals surface area contributed by atoms with Crippen molar-refractivity contribution in [2.45, 2.75) is 31.7 Å². The lowest BCUT2D eigenvalue weighted by Gasteiger charge is -2.26. The summed E-state index contributed by atoms with van der Waals surface area (Å²) < 4.78 is 0. The minimum absolute atomic E-state index is 0.434. The zero-order chi connectivity index (χ0) is 11.4. The molecule has 0 unspecified atom stereocenters. The number of nitrogen functional groups attached to an aromatic ring is 1. The number of hydrogen-bond donors (Lipinski definition) is 3. The van der Waals surface area contributed by atoms with E-state index in [-0.39, 0.29) is 0 Å². The maximum Gasteiger partial charge on any atom is 0.0360 e. The Balaban J connectivity index is 1.79. The van der Waals surface area contributed by atoms with Crippen LogP contribution in [-0.2, 0) is 0 Å². The van der Waals surface area contributed by atoms with Crippen molar-refractivity contribution in [2.75, 3.05) is 17.6 Å². The molecule has 1 aromatic carbocycles. The third kappa shape index (κ3) is 3.14. The van der Waals surface area contributed by atoms with Crippen LogP contribution in [0, 0.1) is 5.92 Å². The third-order valence-electron chi connectivity index (χ3n) is 3.37. The van der Waals surface area contributed by atoms with Gasteiger partial charge >= 0.3 is 0 Å².